The van der Waals surface area contributed by atoms with Gasteiger partial charge in [-0.25, -0.2) is 4.79 Å². The van der Waals surface area contributed by atoms with E-state index in [1.54, 1.807) is 6.92 Å². The molecule has 0 fully saturated rings. The Morgan fingerprint density at radius 3 is 2.71 bits per heavy atom. The molecule has 0 aliphatic rings. The van der Waals surface area contributed by atoms with Gasteiger partial charge in [-0.2, -0.15) is 0 Å². The molecule has 0 saturated carbocycles. The molecule has 5 heteroatoms. The second-order valence-corrected chi connectivity index (χ2v) is 4.33. The fraction of sp³-hybridized carbons (Fsp3) is 0.500. The molecule has 0 spiro atoms. The van der Waals surface area contributed by atoms with Crippen LogP contribution in [0.15, 0.2) is 21.5 Å². The van der Waals surface area contributed by atoms with E-state index in [1.807, 2.05) is 13.8 Å². The Kier molecular flexibility index (Phi) is 4.45. The molecular formula is C12H17NO4. The van der Waals surface area contributed by atoms with E-state index in [4.69, 9.17) is 14.9 Å². The highest BCUT2D eigenvalue weighted by Gasteiger charge is 2.20. The molecule has 0 aromatic carbocycles. The van der Waals surface area contributed by atoms with Crippen LogP contribution in [0, 0.1) is 12.8 Å². The van der Waals surface area contributed by atoms with Crippen LogP contribution in [0.25, 0.3) is 0 Å². The van der Waals surface area contributed by atoms with Crippen LogP contribution in [0.3, 0.4) is 0 Å². The lowest BCUT2D eigenvalue weighted by atomic mass is 10.1. The fourth-order valence-electron chi connectivity index (χ4n) is 1.40. The zero-order valence-electron chi connectivity index (χ0n) is 10.2. The first-order chi connectivity index (χ1) is 7.91. The van der Waals surface area contributed by atoms with Crippen LogP contribution < -0.4 is 15.9 Å². The monoisotopic (exact) mass is 239 g/mol. The van der Waals surface area contributed by atoms with E-state index >= 15 is 0 Å². The number of esters is 1. The molecule has 1 heterocycles. The molecule has 0 bridgehead atoms. The highest BCUT2D eigenvalue weighted by atomic mass is 16.5. The first-order valence-corrected chi connectivity index (χ1v) is 5.47. The van der Waals surface area contributed by atoms with Crippen molar-refractivity contribution in [3.05, 3.63) is 28.3 Å². The Hall–Kier alpha value is -1.62. The number of nitrogens with two attached hydrogens (primary N) is 1. The summed E-state index contributed by atoms with van der Waals surface area (Å²) >= 11 is 0. The summed E-state index contributed by atoms with van der Waals surface area (Å²) in [5, 5.41) is 0. The lowest BCUT2D eigenvalue weighted by Gasteiger charge is -2.13. The second kappa shape index (κ2) is 5.63. The molecule has 17 heavy (non-hydrogen) atoms. The van der Waals surface area contributed by atoms with Crippen molar-refractivity contribution >= 4 is 5.97 Å². The summed E-state index contributed by atoms with van der Waals surface area (Å²) in [7, 11) is 0. The number of rotatable bonds is 4. The summed E-state index contributed by atoms with van der Waals surface area (Å²) < 4.78 is 9.95. The van der Waals surface area contributed by atoms with E-state index in [-0.39, 0.29) is 22.9 Å². The Labute approximate surface area is 99.6 Å². The van der Waals surface area contributed by atoms with Crippen molar-refractivity contribution in [3.63, 3.8) is 0 Å². The molecule has 0 aliphatic carbocycles. The summed E-state index contributed by atoms with van der Waals surface area (Å²) in [6, 6.07) is 0.470. The van der Waals surface area contributed by atoms with Crippen LogP contribution in [0.1, 0.15) is 26.0 Å². The maximum absolute atomic E-state index is 11.6. The Morgan fingerprint density at radius 2 is 2.18 bits per heavy atom. The van der Waals surface area contributed by atoms with Crippen molar-refractivity contribution in [3.8, 4) is 5.75 Å². The van der Waals surface area contributed by atoms with Gasteiger partial charge in [0, 0.05) is 6.07 Å². The van der Waals surface area contributed by atoms with Gasteiger partial charge in [-0.1, -0.05) is 13.8 Å². The summed E-state index contributed by atoms with van der Waals surface area (Å²) in [6.07, 6.45) is 1.76. The normalized spacial score (nSPS) is 12.5. The van der Waals surface area contributed by atoms with Crippen molar-refractivity contribution in [1.29, 1.82) is 0 Å². The number of hydrogen-bond donors (Lipinski definition) is 1. The zero-order chi connectivity index (χ0) is 13.0. The van der Waals surface area contributed by atoms with Gasteiger partial charge in [0.15, 0.2) is 0 Å². The lowest BCUT2D eigenvalue weighted by molar-refractivity contribution is -0.136. The highest BCUT2D eigenvalue weighted by Crippen LogP contribution is 2.12. The summed E-state index contributed by atoms with van der Waals surface area (Å²) in [5.41, 5.74) is 5.27. The maximum atomic E-state index is 11.6. The molecule has 0 saturated heterocycles. The van der Waals surface area contributed by atoms with Gasteiger partial charge in [-0.15, -0.1) is 0 Å². The third-order valence-electron chi connectivity index (χ3n) is 2.24. The van der Waals surface area contributed by atoms with Crippen LogP contribution in [0.5, 0.6) is 5.75 Å². The van der Waals surface area contributed by atoms with E-state index in [9.17, 15) is 9.59 Å². The average molecular weight is 239 g/mol. The van der Waals surface area contributed by atoms with E-state index in [0.29, 0.717) is 6.42 Å². The SMILES string of the molecule is Cc1occc(=O)c1OC(=O)[C@@H](N)CC(C)C. The standard InChI is InChI=1S/C12H17NO4/c1-7(2)6-9(13)12(15)17-11-8(3)16-5-4-10(11)14/h4-5,7,9H,6,13H2,1-3H3/t9-/m0/s1. The minimum atomic E-state index is -0.728. The van der Waals surface area contributed by atoms with Crippen molar-refractivity contribution < 1.29 is 13.9 Å². The largest absolute Gasteiger partial charge is 0.465 e. The van der Waals surface area contributed by atoms with Crippen molar-refractivity contribution in [2.45, 2.75) is 33.2 Å². The molecule has 0 amide bonds. The number of carbonyl (C=O) groups is 1. The van der Waals surface area contributed by atoms with E-state index in [2.05, 4.69) is 0 Å². The first kappa shape index (κ1) is 13.4. The third-order valence-corrected chi connectivity index (χ3v) is 2.24. The van der Waals surface area contributed by atoms with E-state index in [0.717, 1.165) is 0 Å². The molecule has 1 rings (SSSR count). The van der Waals surface area contributed by atoms with E-state index in [1.165, 1.54) is 12.3 Å². The third kappa shape index (κ3) is 3.71. The summed E-state index contributed by atoms with van der Waals surface area (Å²) in [6.45, 7) is 5.46. The van der Waals surface area contributed by atoms with Crippen LogP contribution in [-0.2, 0) is 4.79 Å². The first-order valence-electron chi connectivity index (χ1n) is 5.47. The molecule has 1 aromatic rings. The molecular weight excluding hydrogens is 222 g/mol. The number of hydrogen-bond acceptors (Lipinski definition) is 5. The predicted molar refractivity (Wildman–Crippen MR) is 62.8 cm³/mol. The zero-order valence-corrected chi connectivity index (χ0v) is 10.2. The molecule has 94 valence electrons. The topological polar surface area (TPSA) is 82.5 Å². The van der Waals surface area contributed by atoms with Gasteiger partial charge in [-0.3, -0.25) is 4.79 Å². The Bertz CT molecular complexity index is 450. The molecule has 0 unspecified atom stereocenters. The number of carbonyl (C=O) groups excluding carboxylic acids is 1. The Morgan fingerprint density at radius 1 is 1.53 bits per heavy atom. The van der Waals surface area contributed by atoms with E-state index < -0.39 is 12.0 Å². The quantitative estimate of drug-likeness (QED) is 0.799. The second-order valence-electron chi connectivity index (χ2n) is 4.33. The smallest absolute Gasteiger partial charge is 0.328 e. The van der Waals surface area contributed by atoms with Crippen molar-refractivity contribution in [2.24, 2.45) is 11.7 Å². The van der Waals surface area contributed by atoms with Gasteiger partial charge in [-0.05, 0) is 19.3 Å². The molecule has 0 aliphatic heterocycles. The summed E-state index contributed by atoms with van der Waals surface area (Å²) in [5.74, 6) is -0.148. The minimum absolute atomic E-state index is 0.0864. The Balaban J connectivity index is 2.78. The van der Waals surface area contributed by atoms with Gasteiger partial charge in [0.2, 0.25) is 11.2 Å². The average Bonchev–Trinajstić information content (AvgIpc) is 2.22. The van der Waals surface area contributed by atoms with Crippen LogP contribution in [0.4, 0.5) is 0 Å². The molecule has 2 N–H and O–H groups in total. The maximum Gasteiger partial charge on any atom is 0.328 e. The fourth-order valence-corrected chi connectivity index (χ4v) is 1.40. The van der Waals surface area contributed by atoms with Gasteiger partial charge < -0.3 is 14.9 Å². The minimum Gasteiger partial charge on any atom is -0.465 e. The molecule has 1 aromatic heterocycles. The lowest BCUT2D eigenvalue weighted by Crippen LogP contribution is -2.36. The predicted octanol–water partition coefficient (Wildman–Crippen LogP) is 1.23. The molecule has 5 nitrogen and oxygen atoms in total. The van der Waals surface area contributed by atoms with Crippen molar-refractivity contribution in [2.75, 3.05) is 0 Å². The van der Waals surface area contributed by atoms with Crippen molar-refractivity contribution in [1.82, 2.24) is 0 Å². The molecule has 0 radical (unpaired) electrons. The summed E-state index contributed by atoms with van der Waals surface area (Å²) in [4.78, 5) is 23.1. The van der Waals surface area contributed by atoms with Crippen LogP contribution in [-0.4, -0.2) is 12.0 Å². The number of ether oxygens (including phenoxy) is 1. The van der Waals surface area contributed by atoms with Gasteiger partial charge >= 0.3 is 5.97 Å². The number of aryl methyl sites for hydroxylation is 1. The van der Waals surface area contributed by atoms with Gasteiger partial charge in [0.1, 0.15) is 11.8 Å². The van der Waals surface area contributed by atoms with Gasteiger partial charge in [0.05, 0.1) is 6.26 Å². The van der Waals surface area contributed by atoms with Crippen LogP contribution in [0.2, 0.25) is 0 Å². The van der Waals surface area contributed by atoms with Gasteiger partial charge in [0.25, 0.3) is 0 Å². The molecule has 1 atom stereocenters. The highest BCUT2D eigenvalue weighted by molar-refractivity contribution is 5.78. The van der Waals surface area contributed by atoms with Crippen LogP contribution >= 0.6 is 0 Å².